The number of esters is 1. The summed E-state index contributed by atoms with van der Waals surface area (Å²) in [4.78, 5) is 23.6. The normalized spacial score (nSPS) is 14.6. The lowest BCUT2D eigenvalue weighted by molar-refractivity contribution is -0.131. The number of allylic oxidation sites excluding steroid dienone is 1. The van der Waals surface area contributed by atoms with E-state index in [-0.39, 0.29) is 11.5 Å². The average molecular weight is 329 g/mol. The smallest absolute Gasteiger partial charge is 0.308 e. The third kappa shape index (κ3) is 2.98. The van der Waals surface area contributed by atoms with Gasteiger partial charge in [-0.05, 0) is 42.8 Å². The molecule has 0 aliphatic carbocycles. The molecular formula is C18H13ClO4. The van der Waals surface area contributed by atoms with Crippen LogP contribution in [0, 0.1) is 6.92 Å². The van der Waals surface area contributed by atoms with Crippen LogP contribution >= 0.6 is 11.6 Å². The van der Waals surface area contributed by atoms with Crippen molar-refractivity contribution in [2.24, 2.45) is 0 Å². The van der Waals surface area contributed by atoms with Gasteiger partial charge in [0.1, 0.15) is 11.5 Å². The second-order valence-electron chi connectivity index (χ2n) is 5.15. The Bertz CT molecular complexity index is 852. The third-order valence-electron chi connectivity index (χ3n) is 3.44. The molecule has 0 N–H and O–H groups in total. The molecule has 116 valence electrons. The van der Waals surface area contributed by atoms with Crippen LogP contribution in [0.5, 0.6) is 11.5 Å². The first-order chi connectivity index (χ1) is 11.0. The van der Waals surface area contributed by atoms with Crippen LogP contribution in [0.15, 0.2) is 42.2 Å². The molecule has 0 amide bonds. The lowest BCUT2D eigenvalue weighted by atomic mass is 10.1. The minimum absolute atomic E-state index is 0.211. The van der Waals surface area contributed by atoms with Gasteiger partial charge in [0.2, 0.25) is 5.78 Å². The monoisotopic (exact) mass is 328 g/mol. The van der Waals surface area contributed by atoms with Gasteiger partial charge in [0.25, 0.3) is 0 Å². The molecule has 0 spiro atoms. The Morgan fingerprint density at radius 2 is 2.04 bits per heavy atom. The molecule has 2 aromatic rings. The van der Waals surface area contributed by atoms with E-state index in [1.807, 2.05) is 6.07 Å². The van der Waals surface area contributed by atoms with E-state index in [0.29, 0.717) is 27.6 Å². The van der Waals surface area contributed by atoms with Crippen molar-refractivity contribution < 1.29 is 19.1 Å². The maximum absolute atomic E-state index is 12.4. The highest BCUT2D eigenvalue weighted by Crippen LogP contribution is 2.39. The Kier molecular flexibility index (Phi) is 3.92. The maximum atomic E-state index is 12.4. The Morgan fingerprint density at radius 1 is 1.26 bits per heavy atom. The van der Waals surface area contributed by atoms with Crippen LogP contribution in [0.2, 0.25) is 5.02 Å². The van der Waals surface area contributed by atoms with E-state index in [1.165, 1.54) is 6.92 Å². The quantitative estimate of drug-likeness (QED) is 0.471. The number of ketones is 1. The number of carbonyl (C=O) groups is 2. The van der Waals surface area contributed by atoms with Gasteiger partial charge in [-0.15, -0.1) is 0 Å². The van der Waals surface area contributed by atoms with Crippen molar-refractivity contribution >= 4 is 29.4 Å². The first-order valence-electron chi connectivity index (χ1n) is 6.97. The number of halogens is 1. The Labute approximate surface area is 138 Å². The van der Waals surface area contributed by atoms with Gasteiger partial charge in [0.05, 0.1) is 5.56 Å². The van der Waals surface area contributed by atoms with Gasteiger partial charge in [-0.3, -0.25) is 9.59 Å². The van der Waals surface area contributed by atoms with Crippen molar-refractivity contribution in [3.05, 3.63) is 63.9 Å². The number of Topliss-reactive ketones (excluding diaryl/α,β-unsaturated/α-hetero) is 1. The van der Waals surface area contributed by atoms with E-state index in [4.69, 9.17) is 21.1 Å². The minimum Gasteiger partial charge on any atom is -0.452 e. The van der Waals surface area contributed by atoms with E-state index in [2.05, 4.69) is 0 Å². The van der Waals surface area contributed by atoms with Gasteiger partial charge in [0.15, 0.2) is 5.76 Å². The zero-order valence-corrected chi connectivity index (χ0v) is 13.3. The molecule has 3 rings (SSSR count). The number of fused-ring (bicyclic) bond motifs is 1. The number of carbonyl (C=O) groups excluding carboxylic acids is 2. The van der Waals surface area contributed by atoms with Crippen LogP contribution < -0.4 is 9.47 Å². The largest absolute Gasteiger partial charge is 0.452 e. The highest BCUT2D eigenvalue weighted by atomic mass is 35.5. The summed E-state index contributed by atoms with van der Waals surface area (Å²) in [5, 5.41) is 0.579. The van der Waals surface area contributed by atoms with Crippen LogP contribution in [-0.4, -0.2) is 11.8 Å². The Morgan fingerprint density at radius 3 is 2.74 bits per heavy atom. The first kappa shape index (κ1) is 15.3. The standard InChI is InChI=1S/C18H13ClO4/c1-10-15(22-11(2)20)7-6-14-17(21)16(23-18(10)14)9-12-4-3-5-13(19)8-12/h3-9H,1-2H3/b16-9-. The minimum atomic E-state index is -0.424. The summed E-state index contributed by atoms with van der Waals surface area (Å²) in [6.07, 6.45) is 1.64. The number of rotatable bonds is 2. The van der Waals surface area contributed by atoms with Crippen LogP contribution in [-0.2, 0) is 4.79 Å². The van der Waals surface area contributed by atoms with Gasteiger partial charge in [0, 0.05) is 17.5 Å². The zero-order valence-electron chi connectivity index (χ0n) is 12.6. The Balaban J connectivity index is 1.98. The van der Waals surface area contributed by atoms with Gasteiger partial charge in [-0.2, -0.15) is 0 Å². The van der Waals surface area contributed by atoms with Crippen LogP contribution in [0.4, 0.5) is 0 Å². The van der Waals surface area contributed by atoms with E-state index < -0.39 is 5.97 Å². The fourth-order valence-corrected chi connectivity index (χ4v) is 2.58. The molecule has 1 heterocycles. The molecule has 2 aromatic carbocycles. The van der Waals surface area contributed by atoms with Crippen molar-refractivity contribution in [3.8, 4) is 11.5 Å². The first-order valence-corrected chi connectivity index (χ1v) is 7.35. The molecule has 0 saturated carbocycles. The lowest BCUT2D eigenvalue weighted by Crippen LogP contribution is -2.03. The summed E-state index contributed by atoms with van der Waals surface area (Å²) in [6.45, 7) is 3.07. The van der Waals surface area contributed by atoms with Crippen molar-refractivity contribution in [1.82, 2.24) is 0 Å². The molecule has 0 unspecified atom stereocenters. The van der Waals surface area contributed by atoms with Crippen LogP contribution in [0.3, 0.4) is 0 Å². The topological polar surface area (TPSA) is 52.6 Å². The number of hydrogen-bond donors (Lipinski definition) is 0. The van der Waals surface area contributed by atoms with Gasteiger partial charge in [-0.25, -0.2) is 0 Å². The van der Waals surface area contributed by atoms with Crippen molar-refractivity contribution in [1.29, 1.82) is 0 Å². The number of benzene rings is 2. The summed E-state index contributed by atoms with van der Waals surface area (Å²) in [7, 11) is 0. The van der Waals surface area contributed by atoms with Crippen molar-refractivity contribution in [2.75, 3.05) is 0 Å². The SMILES string of the molecule is CC(=O)Oc1ccc2c(c1C)O/C(=C\c1cccc(Cl)c1)C2=O. The van der Waals surface area contributed by atoms with Crippen LogP contribution in [0.1, 0.15) is 28.4 Å². The molecule has 0 atom stereocenters. The van der Waals surface area contributed by atoms with E-state index in [1.54, 1.807) is 43.3 Å². The third-order valence-corrected chi connectivity index (χ3v) is 3.67. The second-order valence-corrected chi connectivity index (χ2v) is 5.59. The highest BCUT2D eigenvalue weighted by Gasteiger charge is 2.30. The number of hydrogen-bond acceptors (Lipinski definition) is 4. The zero-order chi connectivity index (χ0) is 16.6. The molecule has 23 heavy (non-hydrogen) atoms. The fourth-order valence-electron chi connectivity index (χ4n) is 2.38. The second kappa shape index (κ2) is 5.89. The van der Waals surface area contributed by atoms with Gasteiger partial charge in [-0.1, -0.05) is 23.7 Å². The summed E-state index contributed by atoms with van der Waals surface area (Å²) in [6, 6.07) is 10.3. The molecular weight excluding hydrogens is 316 g/mol. The molecule has 4 nitrogen and oxygen atoms in total. The van der Waals surface area contributed by atoms with E-state index in [0.717, 1.165) is 5.56 Å². The predicted octanol–water partition coefficient (Wildman–Crippen LogP) is 4.19. The van der Waals surface area contributed by atoms with Gasteiger partial charge < -0.3 is 9.47 Å². The molecule has 0 saturated heterocycles. The van der Waals surface area contributed by atoms with E-state index >= 15 is 0 Å². The Hall–Kier alpha value is -2.59. The maximum Gasteiger partial charge on any atom is 0.308 e. The summed E-state index contributed by atoms with van der Waals surface area (Å²) >= 11 is 5.95. The molecule has 0 fully saturated rings. The van der Waals surface area contributed by atoms with Gasteiger partial charge >= 0.3 is 5.97 Å². The van der Waals surface area contributed by atoms with Crippen molar-refractivity contribution in [3.63, 3.8) is 0 Å². The summed E-state index contributed by atoms with van der Waals surface area (Å²) < 4.78 is 10.8. The highest BCUT2D eigenvalue weighted by molar-refractivity contribution is 6.30. The lowest BCUT2D eigenvalue weighted by Gasteiger charge is -2.08. The predicted molar refractivity (Wildman–Crippen MR) is 86.9 cm³/mol. The fraction of sp³-hybridized carbons (Fsp3) is 0.111. The molecule has 0 bridgehead atoms. The molecule has 0 radical (unpaired) electrons. The average Bonchev–Trinajstić information content (AvgIpc) is 2.79. The number of ether oxygens (including phenoxy) is 2. The summed E-state index contributed by atoms with van der Waals surface area (Å²) in [5.74, 6) is 0.380. The summed E-state index contributed by atoms with van der Waals surface area (Å²) in [5.41, 5.74) is 1.83. The molecule has 1 aliphatic heterocycles. The molecule has 5 heteroatoms. The van der Waals surface area contributed by atoms with Crippen molar-refractivity contribution in [2.45, 2.75) is 13.8 Å². The molecule has 1 aliphatic rings. The molecule has 0 aromatic heterocycles. The van der Waals surface area contributed by atoms with Crippen LogP contribution in [0.25, 0.3) is 6.08 Å². The van der Waals surface area contributed by atoms with E-state index in [9.17, 15) is 9.59 Å².